The average Bonchev–Trinajstić information content (AvgIpc) is 2.66. The molecule has 0 aliphatic heterocycles. The van der Waals surface area contributed by atoms with Gasteiger partial charge in [-0.25, -0.2) is 0 Å². The Kier molecular flexibility index (Phi) is 3.03. The fourth-order valence-electron chi connectivity index (χ4n) is 1.47. The van der Waals surface area contributed by atoms with E-state index in [2.05, 4.69) is 24.3 Å². The van der Waals surface area contributed by atoms with Gasteiger partial charge in [0.2, 0.25) is 0 Å². The highest BCUT2D eigenvalue weighted by Crippen LogP contribution is 2.08. The van der Waals surface area contributed by atoms with E-state index in [0.29, 0.717) is 0 Å². The summed E-state index contributed by atoms with van der Waals surface area (Å²) in [6.45, 7) is 1.96. The highest BCUT2D eigenvalue weighted by atomic mass is 16.3. The molecule has 0 saturated heterocycles. The van der Waals surface area contributed by atoms with Gasteiger partial charge < -0.3 is 4.42 Å². The Labute approximate surface area is 90.1 Å². The van der Waals surface area contributed by atoms with E-state index in [9.17, 15) is 0 Å². The van der Waals surface area contributed by atoms with E-state index in [0.717, 1.165) is 17.9 Å². The molecule has 2 rings (SSSR count). The van der Waals surface area contributed by atoms with Crippen LogP contribution in [0.5, 0.6) is 0 Å². The maximum Gasteiger partial charge on any atom is 0.107 e. The van der Waals surface area contributed by atoms with Crippen LogP contribution in [0.1, 0.15) is 17.1 Å². The van der Waals surface area contributed by atoms with Crippen LogP contribution in [-0.2, 0) is 6.42 Å². The van der Waals surface area contributed by atoms with Crippen molar-refractivity contribution in [2.24, 2.45) is 0 Å². The van der Waals surface area contributed by atoms with Crippen LogP contribution in [0.2, 0.25) is 0 Å². The van der Waals surface area contributed by atoms with Crippen LogP contribution in [0.3, 0.4) is 0 Å². The van der Waals surface area contributed by atoms with Gasteiger partial charge in [0.1, 0.15) is 11.5 Å². The van der Waals surface area contributed by atoms with Crippen molar-refractivity contribution in [1.29, 1.82) is 0 Å². The van der Waals surface area contributed by atoms with Crippen molar-refractivity contribution >= 4 is 6.08 Å². The van der Waals surface area contributed by atoms with Crippen molar-refractivity contribution in [3.8, 4) is 0 Å². The van der Waals surface area contributed by atoms with Gasteiger partial charge >= 0.3 is 0 Å². The average molecular weight is 198 g/mol. The van der Waals surface area contributed by atoms with Crippen molar-refractivity contribution in [2.75, 3.05) is 0 Å². The standard InChI is InChI=1S/C14H14O/c1-12-10-11-14(15-12)9-5-8-13-6-3-2-4-7-13/h2-8,10-11H,9H2,1H3/b8-5+. The molecule has 1 aromatic carbocycles. The molecule has 0 bridgehead atoms. The number of allylic oxidation sites excluding steroid dienone is 1. The minimum atomic E-state index is 0.850. The summed E-state index contributed by atoms with van der Waals surface area (Å²) in [7, 11) is 0. The van der Waals surface area contributed by atoms with Crippen LogP contribution < -0.4 is 0 Å². The van der Waals surface area contributed by atoms with Crippen molar-refractivity contribution in [3.05, 3.63) is 65.6 Å². The topological polar surface area (TPSA) is 13.1 Å². The number of aryl methyl sites for hydroxylation is 1. The minimum Gasteiger partial charge on any atom is -0.466 e. The lowest BCUT2D eigenvalue weighted by molar-refractivity contribution is 0.495. The molecule has 1 heteroatoms. The first kappa shape index (κ1) is 9.78. The summed E-state index contributed by atoms with van der Waals surface area (Å²) >= 11 is 0. The summed E-state index contributed by atoms with van der Waals surface area (Å²) < 4.78 is 5.47. The predicted octanol–water partition coefficient (Wildman–Crippen LogP) is 3.84. The lowest BCUT2D eigenvalue weighted by Crippen LogP contribution is -1.75. The van der Waals surface area contributed by atoms with Gasteiger partial charge in [0.15, 0.2) is 0 Å². The van der Waals surface area contributed by atoms with Crippen LogP contribution in [0.25, 0.3) is 6.08 Å². The van der Waals surface area contributed by atoms with Gasteiger partial charge in [-0.05, 0) is 24.6 Å². The Morgan fingerprint density at radius 1 is 1.07 bits per heavy atom. The van der Waals surface area contributed by atoms with Gasteiger partial charge in [0.05, 0.1) is 0 Å². The van der Waals surface area contributed by atoms with E-state index in [-0.39, 0.29) is 0 Å². The Morgan fingerprint density at radius 2 is 1.87 bits per heavy atom. The van der Waals surface area contributed by atoms with Crippen LogP contribution >= 0.6 is 0 Å². The molecular formula is C14H14O. The molecule has 0 saturated carbocycles. The molecule has 76 valence electrons. The van der Waals surface area contributed by atoms with E-state index >= 15 is 0 Å². The van der Waals surface area contributed by atoms with Crippen LogP contribution in [-0.4, -0.2) is 0 Å². The molecule has 0 fully saturated rings. The zero-order valence-corrected chi connectivity index (χ0v) is 8.81. The zero-order chi connectivity index (χ0) is 10.5. The van der Waals surface area contributed by atoms with E-state index < -0.39 is 0 Å². The largest absolute Gasteiger partial charge is 0.466 e. The molecule has 0 amide bonds. The molecule has 1 nitrogen and oxygen atoms in total. The lowest BCUT2D eigenvalue weighted by Gasteiger charge is -1.91. The van der Waals surface area contributed by atoms with Crippen LogP contribution in [0, 0.1) is 6.92 Å². The maximum atomic E-state index is 5.47. The molecule has 0 spiro atoms. The highest BCUT2D eigenvalue weighted by Gasteiger charge is 1.94. The minimum absolute atomic E-state index is 0.850. The Bertz CT molecular complexity index is 437. The molecule has 2 aromatic rings. The fraction of sp³-hybridized carbons (Fsp3) is 0.143. The second-order valence-electron chi connectivity index (χ2n) is 3.53. The summed E-state index contributed by atoms with van der Waals surface area (Å²) in [5.41, 5.74) is 1.22. The smallest absolute Gasteiger partial charge is 0.107 e. The first-order valence-corrected chi connectivity index (χ1v) is 5.11. The van der Waals surface area contributed by atoms with Gasteiger partial charge in [-0.2, -0.15) is 0 Å². The zero-order valence-electron chi connectivity index (χ0n) is 8.81. The second-order valence-corrected chi connectivity index (χ2v) is 3.53. The Balaban J connectivity index is 1.96. The van der Waals surface area contributed by atoms with E-state index in [1.807, 2.05) is 37.3 Å². The van der Waals surface area contributed by atoms with E-state index in [1.165, 1.54) is 5.56 Å². The third-order valence-corrected chi connectivity index (χ3v) is 2.22. The number of hydrogen-bond donors (Lipinski definition) is 0. The monoisotopic (exact) mass is 198 g/mol. The van der Waals surface area contributed by atoms with Crippen molar-refractivity contribution in [1.82, 2.24) is 0 Å². The molecule has 0 radical (unpaired) electrons. The van der Waals surface area contributed by atoms with Crippen LogP contribution in [0.4, 0.5) is 0 Å². The molecule has 0 N–H and O–H groups in total. The predicted molar refractivity (Wildman–Crippen MR) is 62.6 cm³/mol. The molecule has 0 atom stereocenters. The second kappa shape index (κ2) is 4.65. The fourth-order valence-corrected chi connectivity index (χ4v) is 1.47. The summed E-state index contributed by atoms with van der Waals surface area (Å²) in [5, 5.41) is 0. The molecular weight excluding hydrogens is 184 g/mol. The van der Waals surface area contributed by atoms with E-state index in [1.54, 1.807) is 0 Å². The number of hydrogen-bond acceptors (Lipinski definition) is 1. The Hall–Kier alpha value is -1.76. The first-order valence-electron chi connectivity index (χ1n) is 5.11. The van der Waals surface area contributed by atoms with Crippen molar-refractivity contribution in [3.63, 3.8) is 0 Å². The van der Waals surface area contributed by atoms with Crippen molar-refractivity contribution < 1.29 is 4.42 Å². The molecule has 1 heterocycles. The number of furan rings is 1. The molecule has 0 aliphatic rings. The first-order chi connectivity index (χ1) is 7.34. The van der Waals surface area contributed by atoms with Gasteiger partial charge in [-0.15, -0.1) is 0 Å². The number of rotatable bonds is 3. The highest BCUT2D eigenvalue weighted by molar-refractivity contribution is 5.48. The molecule has 0 unspecified atom stereocenters. The van der Waals surface area contributed by atoms with Gasteiger partial charge in [0, 0.05) is 6.42 Å². The summed E-state index contributed by atoms with van der Waals surface area (Å²) in [6.07, 6.45) is 5.08. The summed E-state index contributed by atoms with van der Waals surface area (Å²) in [5.74, 6) is 1.98. The number of benzene rings is 1. The van der Waals surface area contributed by atoms with Gasteiger partial charge in [-0.1, -0.05) is 42.5 Å². The lowest BCUT2D eigenvalue weighted by atomic mass is 10.2. The molecule has 0 aliphatic carbocycles. The summed E-state index contributed by atoms with van der Waals surface area (Å²) in [4.78, 5) is 0. The third kappa shape index (κ3) is 2.84. The Morgan fingerprint density at radius 3 is 2.53 bits per heavy atom. The van der Waals surface area contributed by atoms with E-state index in [4.69, 9.17) is 4.42 Å². The normalized spacial score (nSPS) is 11.0. The van der Waals surface area contributed by atoms with Crippen LogP contribution in [0.15, 0.2) is 53.0 Å². The van der Waals surface area contributed by atoms with Crippen molar-refractivity contribution in [2.45, 2.75) is 13.3 Å². The van der Waals surface area contributed by atoms with Gasteiger partial charge in [0.25, 0.3) is 0 Å². The van der Waals surface area contributed by atoms with Gasteiger partial charge in [-0.3, -0.25) is 0 Å². The summed E-state index contributed by atoms with van der Waals surface area (Å²) in [6, 6.07) is 14.3. The quantitative estimate of drug-likeness (QED) is 0.730. The maximum absolute atomic E-state index is 5.47. The molecule has 15 heavy (non-hydrogen) atoms. The molecule has 1 aromatic heterocycles. The third-order valence-electron chi connectivity index (χ3n) is 2.22. The SMILES string of the molecule is Cc1ccc(C/C=C/c2ccccc2)o1.